The van der Waals surface area contributed by atoms with Crippen LogP contribution in [0.5, 0.6) is 0 Å². The highest BCUT2D eigenvalue weighted by molar-refractivity contribution is 5.74. The van der Waals surface area contributed by atoms with Gasteiger partial charge in [-0.3, -0.25) is 0 Å². The maximum absolute atomic E-state index is 12.8. The van der Waals surface area contributed by atoms with Gasteiger partial charge < -0.3 is 20.6 Å². The number of nitrogens with one attached hydrogen (secondary N) is 2. The van der Waals surface area contributed by atoms with Gasteiger partial charge in [-0.25, -0.2) is 9.18 Å². The predicted octanol–water partition coefficient (Wildman–Crippen LogP) is 1.86. The van der Waals surface area contributed by atoms with Gasteiger partial charge in [0.2, 0.25) is 0 Å². The van der Waals surface area contributed by atoms with Gasteiger partial charge in [-0.2, -0.15) is 0 Å². The van der Waals surface area contributed by atoms with Crippen molar-refractivity contribution in [3.63, 3.8) is 0 Å². The number of rotatable bonds is 6. The average molecular weight is 323 g/mol. The molecule has 1 aliphatic rings. The van der Waals surface area contributed by atoms with Crippen LogP contribution in [0, 0.1) is 5.82 Å². The van der Waals surface area contributed by atoms with E-state index >= 15 is 0 Å². The summed E-state index contributed by atoms with van der Waals surface area (Å²) in [6.45, 7) is 1.98. The molecule has 3 N–H and O–H groups in total. The minimum absolute atomic E-state index is 0.151. The first-order valence-corrected chi connectivity index (χ1v) is 8.18. The number of carbonyl (C=O) groups is 1. The van der Waals surface area contributed by atoms with E-state index < -0.39 is 0 Å². The van der Waals surface area contributed by atoms with E-state index in [2.05, 4.69) is 15.5 Å². The van der Waals surface area contributed by atoms with Crippen molar-refractivity contribution >= 4 is 6.03 Å². The van der Waals surface area contributed by atoms with E-state index in [4.69, 9.17) is 0 Å². The molecule has 2 amide bonds. The molecule has 0 saturated heterocycles. The first-order valence-electron chi connectivity index (χ1n) is 8.18. The van der Waals surface area contributed by atoms with Crippen LogP contribution >= 0.6 is 0 Å². The zero-order valence-electron chi connectivity index (χ0n) is 13.6. The monoisotopic (exact) mass is 323 g/mol. The summed E-state index contributed by atoms with van der Waals surface area (Å²) in [7, 11) is 1.96. The Bertz CT molecular complexity index is 487. The quantitative estimate of drug-likeness (QED) is 0.749. The third kappa shape index (κ3) is 6.54. The van der Waals surface area contributed by atoms with Crippen LogP contribution < -0.4 is 10.6 Å². The highest BCUT2D eigenvalue weighted by Crippen LogP contribution is 2.18. The molecule has 1 saturated carbocycles. The van der Waals surface area contributed by atoms with Gasteiger partial charge in [0.25, 0.3) is 0 Å². The lowest BCUT2D eigenvalue weighted by atomic mass is 9.93. The van der Waals surface area contributed by atoms with Crippen molar-refractivity contribution < 1.29 is 14.3 Å². The van der Waals surface area contributed by atoms with Crippen molar-refractivity contribution in [1.29, 1.82) is 0 Å². The number of likely N-dealkylation sites (N-methyl/N-ethyl adjacent to an activating group) is 1. The first-order chi connectivity index (χ1) is 11.0. The maximum atomic E-state index is 12.8. The zero-order valence-corrected chi connectivity index (χ0v) is 13.6. The van der Waals surface area contributed by atoms with E-state index in [1.807, 2.05) is 7.05 Å². The lowest BCUT2D eigenvalue weighted by Gasteiger charge is -2.26. The molecular weight excluding hydrogens is 297 g/mol. The molecule has 0 spiro atoms. The van der Waals surface area contributed by atoms with Gasteiger partial charge in [0.1, 0.15) is 5.82 Å². The standard InChI is InChI=1S/C17H26FN3O2/c1-21(12-13-2-4-14(18)5-3-13)11-10-19-17(23)20-15-6-8-16(22)9-7-15/h2-5,15-16,22H,6-12H2,1H3,(H2,19,20,23). The van der Waals surface area contributed by atoms with E-state index in [1.165, 1.54) is 12.1 Å². The normalized spacial score (nSPS) is 21.2. The molecule has 0 aromatic heterocycles. The Hall–Kier alpha value is -1.66. The number of hydrogen-bond donors (Lipinski definition) is 3. The second kappa shape index (κ2) is 8.84. The molecule has 0 unspecified atom stereocenters. The molecule has 0 bridgehead atoms. The Morgan fingerprint density at radius 2 is 1.91 bits per heavy atom. The zero-order chi connectivity index (χ0) is 16.7. The van der Waals surface area contributed by atoms with E-state index in [0.29, 0.717) is 19.6 Å². The summed E-state index contributed by atoms with van der Waals surface area (Å²) < 4.78 is 12.8. The van der Waals surface area contributed by atoms with Crippen LogP contribution in [0.25, 0.3) is 0 Å². The predicted molar refractivity (Wildman–Crippen MR) is 87.5 cm³/mol. The minimum atomic E-state index is -0.232. The number of hydrogen-bond acceptors (Lipinski definition) is 3. The summed E-state index contributed by atoms with van der Waals surface area (Å²) in [6.07, 6.45) is 2.96. The Morgan fingerprint density at radius 1 is 1.26 bits per heavy atom. The number of aliphatic hydroxyl groups is 1. The van der Waals surface area contributed by atoms with Crippen molar-refractivity contribution in [3.8, 4) is 0 Å². The van der Waals surface area contributed by atoms with Crippen molar-refractivity contribution in [2.75, 3.05) is 20.1 Å². The lowest BCUT2D eigenvalue weighted by molar-refractivity contribution is 0.117. The van der Waals surface area contributed by atoms with Crippen LogP contribution in [0.3, 0.4) is 0 Å². The van der Waals surface area contributed by atoms with Gasteiger partial charge in [-0.1, -0.05) is 12.1 Å². The number of benzene rings is 1. The molecule has 6 heteroatoms. The largest absolute Gasteiger partial charge is 0.393 e. The van der Waals surface area contributed by atoms with E-state index in [0.717, 1.165) is 31.2 Å². The third-order valence-corrected chi connectivity index (χ3v) is 4.18. The number of nitrogens with zero attached hydrogens (tertiary/aromatic N) is 1. The number of urea groups is 1. The van der Waals surface area contributed by atoms with Crippen molar-refractivity contribution in [2.45, 2.75) is 44.4 Å². The summed E-state index contributed by atoms with van der Waals surface area (Å²) >= 11 is 0. The van der Waals surface area contributed by atoms with E-state index in [-0.39, 0.29) is 24.0 Å². The van der Waals surface area contributed by atoms with Crippen LogP contribution in [-0.2, 0) is 6.54 Å². The molecule has 2 rings (SSSR count). The fraction of sp³-hybridized carbons (Fsp3) is 0.588. The van der Waals surface area contributed by atoms with Gasteiger partial charge in [-0.05, 0) is 50.4 Å². The fourth-order valence-electron chi connectivity index (χ4n) is 2.80. The van der Waals surface area contributed by atoms with Crippen molar-refractivity contribution in [2.24, 2.45) is 0 Å². The van der Waals surface area contributed by atoms with Crippen LogP contribution in [0.2, 0.25) is 0 Å². The molecule has 1 aromatic carbocycles. The number of amides is 2. The molecule has 0 aliphatic heterocycles. The van der Waals surface area contributed by atoms with Crippen LogP contribution in [0.1, 0.15) is 31.2 Å². The lowest BCUT2D eigenvalue weighted by Crippen LogP contribution is -2.45. The summed E-state index contributed by atoms with van der Waals surface area (Å²) in [4.78, 5) is 13.9. The van der Waals surface area contributed by atoms with Gasteiger partial charge >= 0.3 is 6.03 Å². The van der Waals surface area contributed by atoms with Crippen LogP contribution in [-0.4, -0.2) is 48.3 Å². The molecule has 0 heterocycles. The maximum Gasteiger partial charge on any atom is 0.315 e. The Morgan fingerprint density at radius 3 is 2.57 bits per heavy atom. The minimum Gasteiger partial charge on any atom is -0.393 e. The molecule has 0 atom stereocenters. The van der Waals surface area contributed by atoms with Gasteiger partial charge in [-0.15, -0.1) is 0 Å². The molecule has 0 radical (unpaired) electrons. The summed E-state index contributed by atoms with van der Waals surface area (Å²) in [6, 6.07) is 6.45. The van der Waals surface area contributed by atoms with E-state index in [9.17, 15) is 14.3 Å². The topological polar surface area (TPSA) is 64.6 Å². The Balaban J connectivity index is 1.60. The van der Waals surface area contributed by atoms with Gasteiger partial charge in [0, 0.05) is 25.7 Å². The third-order valence-electron chi connectivity index (χ3n) is 4.18. The molecular formula is C17H26FN3O2. The summed E-state index contributed by atoms with van der Waals surface area (Å²) in [5, 5.41) is 15.2. The fourth-order valence-corrected chi connectivity index (χ4v) is 2.80. The second-order valence-corrected chi connectivity index (χ2v) is 6.27. The number of aliphatic hydroxyl groups excluding tert-OH is 1. The van der Waals surface area contributed by atoms with E-state index in [1.54, 1.807) is 12.1 Å². The number of halogens is 1. The average Bonchev–Trinajstić information content (AvgIpc) is 2.52. The Labute approximate surface area is 136 Å². The highest BCUT2D eigenvalue weighted by atomic mass is 19.1. The summed E-state index contributed by atoms with van der Waals surface area (Å²) in [5.74, 6) is -0.232. The van der Waals surface area contributed by atoms with Crippen molar-refractivity contribution in [3.05, 3.63) is 35.6 Å². The molecule has 128 valence electrons. The highest BCUT2D eigenvalue weighted by Gasteiger charge is 2.20. The van der Waals surface area contributed by atoms with Crippen LogP contribution in [0.15, 0.2) is 24.3 Å². The second-order valence-electron chi connectivity index (χ2n) is 6.27. The van der Waals surface area contributed by atoms with Crippen LogP contribution in [0.4, 0.5) is 9.18 Å². The molecule has 1 fully saturated rings. The van der Waals surface area contributed by atoms with Gasteiger partial charge in [0.15, 0.2) is 0 Å². The molecule has 1 aromatic rings. The SMILES string of the molecule is CN(CCNC(=O)NC1CCC(O)CC1)Cc1ccc(F)cc1. The Kier molecular flexibility index (Phi) is 6.80. The van der Waals surface area contributed by atoms with Crippen molar-refractivity contribution in [1.82, 2.24) is 15.5 Å². The summed E-state index contributed by atoms with van der Waals surface area (Å²) in [5.41, 5.74) is 1.04. The first kappa shape index (κ1) is 17.7. The smallest absolute Gasteiger partial charge is 0.315 e. The van der Waals surface area contributed by atoms with Gasteiger partial charge in [0.05, 0.1) is 6.10 Å². The molecule has 23 heavy (non-hydrogen) atoms. The number of carbonyl (C=O) groups excluding carboxylic acids is 1. The molecule has 5 nitrogen and oxygen atoms in total. The molecule has 1 aliphatic carbocycles.